The smallest absolute Gasteiger partial charge is 0.255 e. The highest BCUT2D eigenvalue weighted by atomic mass is 16.5. The van der Waals surface area contributed by atoms with Crippen LogP contribution < -0.4 is 5.32 Å². The minimum Gasteiger partial charge on any atom is -0.375 e. The van der Waals surface area contributed by atoms with Gasteiger partial charge < -0.3 is 15.0 Å². The van der Waals surface area contributed by atoms with Crippen LogP contribution in [0.2, 0.25) is 0 Å². The van der Waals surface area contributed by atoms with Gasteiger partial charge in [0.1, 0.15) is 0 Å². The van der Waals surface area contributed by atoms with Crippen LogP contribution in [0, 0.1) is 0 Å². The van der Waals surface area contributed by atoms with E-state index in [0.29, 0.717) is 11.6 Å². The normalized spacial score (nSPS) is 24.4. The Morgan fingerprint density at radius 1 is 1.50 bits per heavy atom. The first-order chi connectivity index (χ1) is 10.7. The number of rotatable bonds is 3. The summed E-state index contributed by atoms with van der Waals surface area (Å²) in [4.78, 5) is 18.4. The second-order valence-corrected chi connectivity index (χ2v) is 6.31. The first-order valence-electron chi connectivity index (χ1n) is 8.29. The Kier molecular flexibility index (Phi) is 4.74. The third kappa shape index (κ3) is 3.31. The lowest BCUT2D eigenvalue weighted by Crippen LogP contribution is -2.53. The molecule has 2 aliphatic heterocycles. The second-order valence-electron chi connectivity index (χ2n) is 6.31. The number of carbonyl (C=O) groups is 1. The van der Waals surface area contributed by atoms with Gasteiger partial charge in [-0.3, -0.25) is 9.78 Å². The summed E-state index contributed by atoms with van der Waals surface area (Å²) in [5.74, 6) is 0.0852. The van der Waals surface area contributed by atoms with Crippen molar-refractivity contribution in [3.8, 4) is 0 Å². The third-order valence-electron chi connectivity index (χ3n) is 4.86. The van der Waals surface area contributed by atoms with Crippen LogP contribution >= 0.6 is 0 Å². The summed E-state index contributed by atoms with van der Waals surface area (Å²) < 4.78 is 6.13. The van der Waals surface area contributed by atoms with Gasteiger partial charge in [-0.15, -0.1) is 0 Å². The van der Waals surface area contributed by atoms with Gasteiger partial charge in [-0.25, -0.2) is 0 Å². The van der Waals surface area contributed by atoms with E-state index in [-0.39, 0.29) is 11.5 Å². The van der Waals surface area contributed by atoms with Crippen LogP contribution in [0.3, 0.4) is 0 Å². The van der Waals surface area contributed by atoms with Crippen LogP contribution in [0.15, 0.2) is 24.5 Å². The Morgan fingerprint density at radius 3 is 3.00 bits per heavy atom. The first-order valence-corrected chi connectivity index (χ1v) is 8.29. The summed E-state index contributed by atoms with van der Waals surface area (Å²) in [6, 6.07) is 4.20. The molecule has 0 saturated carbocycles. The molecular weight excluding hydrogens is 278 g/mol. The lowest BCUT2D eigenvalue weighted by molar-refractivity contribution is -0.115. The number of likely N-dealkylation sites (tertiary alicyclic amines) is 1. The summed E-state index contributed by atoms with van der Waals surface area (Å²) in [6.45, 7) is 5.52. The number of pyridine rings is 1. The summed E-state index contributed by atoms with van der Waals surface area (Å²) in [7, 11) is 0. The fourth-order valence-electron chi connectivity index (χ4n) is 3.63. The molecule has 1 N–H and O–H groups in total. The van der Waals surface area contributed by atoms with E-state index in [9.17, 15) is 4.79 Å². The van der Waals surface area contributed by atoms with Crippen molar-refractivity contribution < 1.29 is 9.53 Å². The predicted octanol–water partition coefficient (Wildman–Crippen LogP) is 1.84. The molecule has 5 nitrogen and oxygen atoms in total. The van der Waals surface area contributed by atoms with Gasteiger partial charge in [0.25, 0.3) is 5.91 Å². The fourth-order valence-corrected chi connectivity index (χ4v) is 3.63. The van der Waals surface area contributed by atoms with Gasteiger partial charge in [0.2, 0.25) is 0 Å². The zero-order chi connectivity index (χ0) is 15.4. The largest absolute Gasteiger partial charge is 0.375 e. The van der Waals surface area contributed by atoms with Gasteiger partial charge in [-0.2, -0.15) is 0 Å². The molecule has 2 fully saturated rings. The van der Waals surface area contributed by atoms with Gasteiger partial charge in [-0.1, -0.05) is 6.92 Å². The highest BCUT2D eigenvalue weighted by Gasteiger charge is 2.41. The molecule has 0 bridgehead atoms. The van der Waals surface area contributed by atoms with Gasteiger partial charge in [0.15, 0.2) is 0 Å². The van der Waals surface area contributed by atoms with Gasteiger partial charge in [0.05, 0.1) is 11.2 Å². The second kappa shape index (κ2) is 6.75. The zero-order valence-electron chi connectivity index (χ0n) is 13.3. The van der Waals surface area contributed by atoms with Crippen LogP contribution in [0.25, 0.3) is 0 Å². The molecule has 0 aliphatic carbocycles. The van der Waals surface area contributed by atoms with Crippen molar-refractivity contribution in [2.24, 2.45) is 0 Å². The van der Waals surface area contributed by atoms with Crippen molar-refractivity contribution in [3.63, 3.8) is 0 Å². The third-order valence-corrected chi connectivity index (χ3v) is 4.86. The monoisotopic (exact) mass is 303 g/mol. The topological polar surface area (TPSA) is 54.5 Å². The minimum atomic E-state index is -0.0309. The molecule has 3 heterocycles. The van der Waals surface area contributed by atoms with E-state index in [1.54, 1.807) is 12.4 Å². The maximum atomic E-state index is 12.5. The molecule has 22 heavy (non-hydrogen) atoms. The number of hydrogen-bond donors (Lipinski definition) is 1. The standard InChI is InChI=1S/C17H25N3O2/c1-2-19-15-5-11-22-17(12-15)6-9-20(10-7-17)16(21)14-4-3-8-18-13-14/h3-4,8,13,15,19H,2,5-7,9-12H2,1H3. The van der Waals surface area contributed by atoms with E-state index >= 15 is 0 Å². The Hall–Kier alpha value is -1.46. The molecule has 2 saturated heterocycles. The number of nitrogens with one attached hydrogen (secondary N) is 1. The molecule has 2 aliphatic rings. The van der Waals surface area contributed by atoms with Crippen molar-refractivity contribution in [3.05, 3.63) is 30.1 Å². The Bertz CT molecular complexity index is 496. The first kappa shape index (κ1) is 15.4. The average molecular weight is 303 g/mol. The number of aromatic nitrogens is 1. The number of ether oxygens (including phenoxy) is 1. The van der Waals surface area contributed by atoms with E-state index < -0.39 is 0 Å². The fraction of sp³-hybridized carbons (Fsp3) is 0.647. The van der Waals surface area contributed by atoms with Crippen molar-refractivity contribution >= 4 is 5.91 Å². The predicted molar refractivity (Wildman–Crippen MR) is 84.8 cm³/mol. The van der Waals surface area contributed by atoms with Crippen molar-refractivity contribution in [2.75, 3.05) is 26.2 Å². The molecule has 0 radical (unpaired) electrons. The zero-order valence-corrected chi connectivity index (χ0v) is 13.3. The van der Waals surface area contributed by atoms with Crippen LogP contribution in [-0.4, -0.2) is 53.7 Å². The van der Waals surface area contributed by atoms with Crippen molar-refractivity contribution in [2.45, 2.75) is 44.2 Å². The number of carbonyl (C=O) groups excluding carboxylic acids is 1. The minimum absolute atomic E-state index is 0.0309. The molecule has 1 amide bonds. The molecule has 5 heteroatoms. The molecule has 3 rings (SSSR count). The summed E-state index contributed by atoms with van der Waals surface area (Å²) in [5, 5.41) is 3.55. The van der Waals surface area contributed by atoms with E-state index in [1.165, 1.54) is 0 Å². The van der Waals surface area contributed by atoms with E-state index in [0.717, 1.165) is 51.9 Å². The maximum Gasteiger partial charge on any atom is 0.255 e. The highest BCUT2D eigenvalue weighted by Crippen LogP contribution is 2.35. The SMILES string of the molecule is CCNC1CCOC2(CCN(C(=O)c3cccnc3)CC2)C1. The molecule has 1 unspecified atom stereocenters. The molecule has 1 atom stereocenters. The Morgan fingerprint density at radius 2 is 2.32 bits per heavy atom. The lowest BCUT2D eigenvalue weighted by Gasteiger charge is -2.46. The molecule has 0 aromatic carbocycles. The van der Waals surface area contributed by atoms with Crippen LogP contribution in [-0.2, 0) is 4.74 Å². The van der Waals surface area contributed by atoms with Gasteiger partial charge in [-0.05, 0) is 44.4 Å². The number of piperidine rings is 1. The quantitative estimate of drug-likeness (QED) is 0.926. The van der Waals surface area contributed by atoms with Crippen LogP contribution in [0.1, 0.15) is 43.0 Å². The van der Waals surface area contributed by atoms with Crippen LogP contribution in [0.4, 0.5) is 0 Å². The maximum absolute atomic E-state index is 12.5. The van der Waals surface area contributed by atoms with Crippen molar-refractivity contribution in [1.82, 2.24) is 15.2 Å². The van der Waals surface area contributed by atoms with Crippen molar-refractivity contribution in [1.29, 1.82) is 0 Å². The number of amides is 1. The summed E-state index contributed by atoms with van der Waals surface area (Å²) >= 11 is 0. The number of nitrogens with zero attached hydrogens (tertiary/aromatic N) is 2. The Balaban J connectivity index is 1.59. The molecule has 1 spiro atoms. The molecular formula is C17H25N3O2. The van der Waals surface area contributed by atoms with E-state index in [2.05, 4.69) is 17.2 Å². The number of hydrogen-bond acceptors (Lipinski definition) is 4. The molecule has 120 valence electrons. The van der Waals surface area contributed by atoms with Gasteiger partial charge in [0, 0.05) is 38.1 Å². The lowest BCUT2D eigenvalue weighted by atomic mass is 9.82. The summed E-state index contributed by atoms with van der Waals surface area (Å²) in [5.41, 5.74) is 0.644. The highest BCUT2D eigenvalue weighted by molar-refractivity contribution is 5.93. The summed E-state index contributed by atoms with van der Waals surface area (Å²) in [6.07, 6.45) is 7.36. The molecule has 1 aromatic heterocycles. The van der Waals surface area contributed by atoms with E-state index in [4.69, 9.17) is 4.74 Å². The van der Waals surface area contributed by atoms with E-state index in [1.807, 2.05) is 17.0 Å². The average Bonchev–Trinajstić information content (AvgIpc) is 2.56. The van der Waals surface area contributed by atoms with Gasteiger partial charge >= 0.3 is 0 Å². The molecule has 1 aromatic rings. The Labute approximate surface area is 132 Å². The van der Waals surface area contributed by atoms with Crippen LogP contribution in [0.5, 0.6) is 0 Å².